The van der Waals surface area contributed by atoms with Gasteiger partial charge in [0.05, 0.1) is 13.0 Å². The summed E-state index contributed by atoms with van der Waals surface area (Å²) in [5, 5.41) is 17.5. The molecule has 0 aromatic heterocycles. The molecule has 0 fully saturated rings. The van der Waals surface area contributed by atoms with Crippen LogP contribution in [-0.4, -0.2) is 47.3 Å². The summed E-state index contributed by atoms with van der Waals surface area (Å²) in [6.07, 6.45) is 8.99. The van der Waals surface area contributed by atoms with Gasteiger partial charge in [0.15, 0.2) is 0 Å². The second-order valence-corrected chi connectivity index (χ2v) is 4.83. The van der Waals surface area contributed by atoms with Crippen molar-refractivity contribution in [3.8, 4) is 0 Å². The standard InChI is InChI=1S/C14H29NO3/c1-2-3-4-5-6-7-8-10-15(12-13-16)11-9-14(17)18/h16H,2-13H2,1H3,(H,17,18). The lowest BCUT2D eigenvalue weighted by atomic mass is 10.1. The number of nitrogens with zero attached hydrogens (tertiary/aromatic N) is 1. The summed E-state index contributed by atoms with van der Waals surface area (Å²) in [6, 6.07) is 0. The number of carboxylic acid groups (broad SMARTS) is 1. The molecule has 0 aliphatic carbocycles. The summed E-state index contributed by atoms with van der Waals surface area (Å²) in [6.45, 7) is 4.36. The fraction of sp³-hybridized carbons (Fsp3) is 0.929. The number of hydrogen-bond donors (Lipinski definition) is 2. The van der Waals surface area contributed by atoms with Gasteiger partial charge < -0.3 is 15.1 Å². The maximum atomic E-state index is 10.5. The highest BCUT2D eigenvalue weighted by molar-refractivity contribution is 5.66. The van der Waals surface area contributed by atoms with Crippen molar-refractivity contribution in [2.45, 2.75) is 58.3 Å². The third-order valence-electron chi connectivity index (χ3n) is 3.14. The van der Waals surface area contributed by atoms with Crippen LogP contribution in [0.15, 0.2) is 0 Å². The number of aliphatic hydroxyl groups excluding tert-OH is 1. The minimum absolute atomic E-state index is 0.107. The molecular formula is C14H29NO3. The number of aliphatic hydroxyl groups is 1. The average Bonchev–Trinajstić information content (AvgIpc) is 2.34. The Balaban J connectivity index is 3.48. The lowest BCUT2D eigenvalue weighted by Crippen LogP contribution is -2.30. The van der Waals surface area contributed by atoms with E-state index >= 15 is 0 Å². The molecule has 4 heteroatoms. The quantitative estimate of drug-likeness (QED) is 0.499. The highest BCUT2D eigenvalue weighted by Crippen LogP contribution is 2.07. The normalized spacial score (nSPS) is 11.1. The van der Waals surface area contributed by atoms with Gasteiger partial charge in [-0.05, 0) is 13.0 Å². The van der Waals surface area contributed by atoms with Crippen LogP contribution in [0, 0.1) is 0 Å². The van der Waals surface area contributed by atoms with Gasteiger partial charge in [-0.25, -0.2) is 0 Å². The predicted octanol–water partition coefficient (Wildman–Crippen LogP) is 2.51. The van der Waals surface area contributed by atoms with Crippen LogP contribution < -0.4 is 0 Å². The minimum atomic E-state index is -0.766. The first kappa shape index (κ1) is 17.4. The number of carbonyl (C=O) groups is 1. The molecule has 0 heterocycles. The zero-order chi connectivity index (χ0) is 13.6. The maximum absolute atomic E-state index is 10.5. The number of aliphatic carboxylic acids is 1. The summed E-state index contributed by atoms with van der Waals surface area (Å²) in [7, 11) is 0. The van der Waals surface area contributed by atoms with Crippen molar-refractivity contribution in [1.82, 2.24) is 4.90 Å². The van der Waals surface area contributed by atoms with E-state index in [1.165, 1.54) is 38.5 Å². The molecule has 0 rings (SSSR count). The van der Waals surface area contributed by atoms with Crippen molar-refractivity contribution in [2.24, 2.45) is 0 Å². The van der Waals surface area contributed by atoms with E-state index in [-0.39, 0.29) is 13.0 Å². The van der Waals surface area contributed by atoms with Gasteiger partial charge in [-0.1, -0.05) is 45.4 Å². The molecule has 4 nitrogen and oxygen atoms in total. The number of hydrogen-bond acceptors (Lipinski definition) is 3. The maximum Gasteiger partial charge on any atom is 0.304 e. The SMILES string of the molecule is CCCCCCCCCN(CCO)CCC(=O)O. The van der Waals surface area contributed by atoms with E-state index in [1.54, 1.807) is 0 Å². The number of carboxylic acids is 1. The Hall–Kier alpha value is -0.610. The second-order valence-electron chi connectivity index (χ2n) is 4.83. The van der Waals surface area contributed by atoms with E-state index in [0.29, 0.717) is 13.1 Å². The van der Waals surface area contributed by atoms with Crippen LogP contribution in [-0.2, 0) is 4.79 Å². The van der Waals surface area contributed by atoms with Gasteiger partial charge in [0, 0.05) is 13.1 Å². The van der Waals surface area contributed by atoms with Crippen LogP contribution in [0.3, 0.4) is 0 Å². The zero-order valence-corrected chi connectivity index (χ0v) is 11.7. The van der Waals surface area contributed by atoms with E-state index in [1.807, 2.05) is 4.90 Å². The van der Waals surface area contributed by atoms with Gasteiger partial charge in [0.2, 0.25) is 0 Å². The zero-order valence-electron chi connectivity index (χ0n) is 11.7. The van der Waals surface area contributed by atoms with Crippen molar-refractivity contribution < 1.29 is 15.0 Å². The summed E-state index contributed by atoms with van der Waals surface area (Å²) >= 11 is 0. The highest BCUT2D eigenvalue weighted by Gasteiger charge is 2.06. The van der Waals surface area contributed by atoms with E-state index in [9.17, 15) is 4.79 Å². The third kappa shape index (κ3) is 11.9. The molecule has 0 spiro atoms. The molecular weight excluding hydrogens is 230 g/mol. The van der Waals surface area contributed by atoms with Crippen molar-refractivity contribution >= 4 is 5.97 Å². The molecule has 0 saturated heterocycles. The molecule has 0 radical (unpaired) electrons. The van der Waals surface area contributed by atoms with Crippen molar-refractivity contribution in [1.29, 1.82) is 0 Å². The third-order valence-corrected chi connectivity index (χ3v) is 3.14. The van der Waals surface area contributed by atoms with E-state index < -0.39 is 5.97 Å². The fourth-order valence-electron chi connectivity index (χ4n) is 2.02. The van der Waals surface area contributed by atoms with Crippen molar-refractivity contribution in [2.75, 3.05) is 26.2 Å². The van der Waals surface area contributed by atoms with Crippen molar-refractivity contribution in [3.63, 3.8) is 0 Å². The Bertz CT molecular complexity index is 197. The first-order valence-corrected chi connectivity index (χ1v) is 7.25. The molecule has 0 unspecified atom stereocenters. The molecule has 0 aliphatic heterocycles. The molecule has 18 heavy (non-hydrogen) atoms. The second kappa shape index (κ2) is 12.8. The van der Waals surface area contributed by atoms with Crippen molar-refractivity contribution in [3.05, 3.63) is 0 Å². The summed E-state index contributed by atoms with van der Waals surface area (Å²) in [5.41, 5.74) is 0. The molecule has 0 aromatic carbocycles. The van der Waals surface area contributed by atoms with Gasteiger partial charge in [-0.3, -0.25) is 4.79 Å². The van der Waals surface area contributed by atoms with Crippen LogP contribution in [0.25, 0.3) is 0 Å². The minimum Gasteiger partial charge on any atom is -0.481 e. The average molecular weight is 259 g/mol. The monoisotopic (exact) mass is 259 g/mol. The first-order valence-electron chi connectivity index (χ1n) is 7.25. The van der Waals surface area contributed by atoms with E-state index in [2.05, 4.69) is 6.92 Å². The molecule has 0 atom stereocenters. The lowest BCUT2D eigenvalue weighted by Gasteiger charge is -2.20. The predicted molar refractivity (Wildman–Crippen MR) is 73.8 cm³/mol. The molecule has 0 saturated carbocycles. The van der Waals surface area contributed by atoms with Crippen LogP contribution in [0.5, 0.6) is 0 Å². The molecule has 0 aliphatic rings. The van der Waals surface area contributed by atoms with Crippen LogP contribution in [0.2, 0.25) is 0 Å². The Morgan fingerprint density at radius 1 is 0.944 bits per heavy atom. The molecule has 2 N–H and O–H groups in total. The van der Waals surface area contributed by atoms with Crippen LogP contribution in [0.4, 0.5) is 0 Å². The van der Waals surface area contributed by atoms with Gasteiger partial charge >= 0.3 is 5.97 Å². The summed E-state index contributed by atoms with van der Waals surface area (Å²) in [5.74, 6) is -0.766. The lowest BCUT2D eigenvalue weighted by molar-refractivity contribution is -0.137. The van der Waals surface area contributed by atoms with E-state index in [4.69, 9.17) is 10.2 Å². The Morgan fingerprint density at radius 2 is 1.56 bits per heavy atom. The number of rotatable bonds is 13. The molecule has 0 amide bonds. The van der Waals surface area contributed by atoms with E-state index in [0.717, 1.165) is 13.0 Å². The van der Waals surface area contributed by atoms with Gasteiger partial charge in [0.25, 0.3) is 0 Å². The van der Waals surface area contributed by atoms with Crippen LogP contribution >= 0.6 is 0 Å². The molecule has 0 aromatic rings. The number of unbranched alkanes of at least 4 members (excludes halogenated alkanes) is 6. The van der Waals surface area contributed by atoms with Gasteiger partial charge in [-0.2, -0.15) is 0 Å². The fourth-order valence-corrected chi connectivity index (χ4v) is 2.02. The summed E-state index contributed by atoms with van der Waals surface area (Å²) in [4.78, 5) is 12.5. The summed E-state index contributed by atoms with van der Waals surface area (Å²) < 4.78 is 0. The molecule has 108 valence electrons. The van der Waals surface area contributed by atoms with Gasteiger partial charge in [-0.15, -0.1) is 0 Å². The van der Waals surface area contributed by atoms with Crippen LogP contribution in [0.1, 0.15) is 58.3 Å². The Labute approximate surface area is 111 Å². The topological polar surface area (TPSA) is 60.8 Å². The molecule has 0 bridgehead atoms. The first-order chi connectivity index (χ1) is 8.70. The smallest absolute Gasteiger partial charge is 0.304 e. The largest absolute Gasteiger partial charge is 0.481 e. The Kier molecular flexibility index (Phi) is 12.4. The highest BCUT2D eigenvalue weighted by atomic mass is 16.4. The Morgan fingerprint density at radius 3 is 2.11 bits per heavy atom. The van der Waals surface area contributed by atoms with Gasteiger partial charge in [0.1, 0.15) is 0 Å².